The number of aliphatic hydroxyl groups is 3. The van der Waals surface area contributed by atoms with Gasteiger partial charge in [-0.15, -0.1) is 0 Å². The summed E-state index contributed by atoms with van der Waals surface area (Å²) in [5.74, 6) is -1.40. The van der Waals surface area contributed by atoms with Gasteiger partial charge in [-0.3, -0.25) is 9.59 Å². The zero-order chi connectivity index (χ0) is 37.1. The topological polar surface area (TPSA) is 160 Å². The van der Waals surface area contributed by atoms with E-state index in [0.29, 0.717) is 37.2 Å². The summed E-state index contributed by atoms with van der Waals surface area (Å²) in [4.78, 5) is 30.1. The van der Waals surface area contributed by atoms with Crippen LogP contribution in [0.1, 0.15) is 76.3 Å². The fourth-order valence-electron chi connectivity index (χ4n) is 10.6. The highest BCUT2D eigenvalue weighted by molar-refractivity contribution is 7.89. The average Bonchev–Trinajstić information content (AvgIpc) is 3.61. The van der Waals surface area contributed by atoms with E-state index in [9.17, 15) is 33.3 Å². The van der Waals surface area contributed by atoms with E-state index in [2.05, 4.69) is 40.0 Å². The van der Waals surface area contributed by atoms with E-state index in [1.807, 2.05) is 6.07 Å². The number of aromatic amines is 1. The van der Waals surface area contributed by atoms with Gasteiger partial charge in [0.25, 0.3) is 0 Å². The number of sulfonamides is 1. The maximum absolute atomic E-state index is 16.9. The second kappa shape index (κ2) is 13.6. The maximum Gasteiger partial charge on any atom is 0.211 e. The third kappa shape index (κ3) is 6.07. The lowest BCUT2D eigenvalue weighted by Gasteiger charge is -2.62. The van der Waals surface area contributed by atoms with Crippen molar-refractivity contribution in [2.75, 3.05) is 39.5 Å². The number of hydrogen-bond acceptors (Lipinski definition) is 8. The van der Waals surface area contributed by atoms with Gasteiger partial charge in [0.1, 0.15) is 12.2 Å². The molecule has 2 aromatic rings. The summed E-state index contributed by atoms with van der Waals surface area (Å²) >= 11 is 0. The van der Waals surface area contributed by atoms with Gasteiger partial charge in [0.05, 0.1) is 11.9 Å². The van der Waals surface area contributed by atoms with Gasteiger partial charge >= 0.3 is 0 Å². The molecule has 1 aromatic heterocycles. The minimum atomic E-state index is -3.16. The second-order valence-electron chi connectivity index (χ2n) is 16.2. The molecule has 4 fully saturated rings. The smallest absolute Gasteiger partial charge is 0.211 e. The number of aliphatic hydroxyl groups excluding tert-OH is 2. The minimum absolute atomic E-state index is 0.0676. The van der Waals surface area contributed by atoms with E-state index in [1.54, 1.807) is 26.8 Å². The zero-order valence-electron chi connectivity index (χ0n) is 30.4. The first-order valence-corrected chi connectivity index (χ1v) is 20.0. The fourth-order valence-corrected chi connectivity index (χ4v) is 11.3. The molecule has 0 spiro atoms. The highest BCUT2D eigenvalue weighted by atomic mass is 32.2. The van der Waals surface area contributed by atoms with Gasteiger partial charge in [-0.2, -0.15) is 0 Å². The van der Waals surface area contributed by atoms with Gasteiger partial charge in [0, 0.05) is 33.8 Å². The Morgan fingerprint density at radius 3 is 2.53 bits per heavy atom. The van der Waals surface area contributed by atoms with E-state index in [1.165, 1.54) is 43.0 Å². The Morgan fingerprint density at radius 2 is 1.86 bits per heavy atom. The molecule has 10 nitrogen and oxygen atoms in total. The molecule has 5 N–H and O–H groups in total. The van der Waals surface area contributed by atoms with Gasteiger partial charge < -0.3 is 25.2 Å². The van der Waals surface area contributed by atoms with Crippen LogP contribution >= 0.6 is 0 Å². The average molecular weight is 728 g/mol. The number of benzene rings is 1. The van der Waals surface area contributed by atoms with Crippen LogP contribution in [0, 0.1) is 28.6 Å². The molecule has 0 radical (unpaired) electrons. The zero-order valence-corrected chi connectivity index (χ0v) is 31.2. The summed E-state index contributed by atoms with van der Waals surface area (Å²) in [6.45, 7) is 6.75. The first-order valence-electron chi connectivity index (χ1n) is 18.3. The Morgan fingerprint density at radius 1 is 1.16 bits per heavy atom. The van der Waals surface area contributed by atoms with E-state index in [-0.39, 0.29) is 23.9 Å². The van der Waals surface area contributed by atoms with Crippen LogP contribution < -0.4 is 4.72 Å². The Hall–Kier alpha value is -2.74. The molecule has 51 heavy (non-hydrogen) atoms. The molecule has 7 rings (SSSR count). The number of carbonyl (C=O) groups excluding carboxylic acids is 2. The number of aromatic nitrogens is 1. The summed E-state index contributed by atoms with van der Waals surface area (Å²) in [5, 5.41) is 33.2. The van der Waals surface area contributed by atoms with Crippen molar-refractivity contribution >= 4 is 32.5 Å². The second-order valence-corrected chi connectivity index (χ2v) is 18.3. The van der Waals surface area contributed by atoms with Gasteiger partial charge in [0.2, 0.25) is 10.0 Å². The third-order valence-corrected chi connectivity index (χ3v) is 15.1. The summed E-state index contributed by atoms with van der Waals surface area (Å²) in [5.41, 5.74) is -1.58. The number of allylic oxidation sites excluding steroid dienone is 4. The molecule has 12 heteroatoms. The highest BCUT2D eigenvalue weighted by Gasteiger charge is 2.75. The Balaban J connectivity index is 0.000000179. The Bertz CT molecular complexity index is 1850. The van der Waals surface area contributed by atoms with Crippen molar-refractivity contribution in [1.29, 1.82) is 0 Å². The number of nitrogens with zero attached hydrogens (tertiary/aromatic N) is 1. The standard InChI is InChI=1S/C22H29FO5.C17H25N3O2S/c1-12-8-16-15-5-4-13-9-14(25)6-7-19(13,2)21(15,23)17(26)10-20(16,3)22(12,28)18(27)11-24;1-18-23(21,22)10-7-13-3-4-17-15(11-13)16(12-19-17)14-5-8-20(2)9-6-14/h6-7,9,12,15-17,24,26,28H,4-5,8,10-11H2,1-3H3;3-4,11-12,14,18-19H,5-10H2,1-2H3/t12-,15+,16+,17+,19+,20+,21+,22+;/m1./s1. The number of Topliss-reactive ketones (excluding diaryl/α,β-unsaturated/α-hetero) is 1. The number of rotatable bonds is 7. The van der Waals surface area contributed by atoms with E-state index in [0.717, 1.165) is 24.2 Å². The molecule has 1 aliphatic heterocycles. The van der Waals surface area contributed by atoms with Crippen molar-refractivity contribution in [2.45, 2.75) is 89.0 Å². The molecule has 2 heterocycles. The largest absolute Gasteiger partial charge is 0.390 e. The van der Waals surface area contributed by atoms with Gasteiger partial charge in [-0.05, 0) is 132 Å². The Kier molecular flexibility index (Phi) is 10.1. The lowest BCUT2D eigenvalue weighted by atomic mass is 9.44. The number of H-pyrrole nitrogens is 1. The number of halogens is 1. The number of likely N-dealkylation sites (tertiary alicyclic amines) is 1. The number of fused-ring (bicyclic) bond motifs is 6. The van der Waals surface area contributed by atoms with Crippen molar-refractivity contribution in [2.24, 2.45) is 28.6 Å². The lowest BCUT2D eigenvalue weighted by molar-refractivity contribution is -0.219. The Labute approximate surface area is 300 Å². The minimum Gasteiger partial charge on any atom is -0.390 e. The monoisotopic (exact) mass is 727 g/mol. The molecule has 3 saturated carbocycles. The van der Waals surface area contributed by atoms with Crippen molar-refractivity contribution in [3.8, 4) is 0 Å². The maximum atomic E-state index is 16.9. The molecular weight excluding hydrogens is 674 g/mol. The number of piperidine rings is 1. The quantitative estimate of drug-likeness (QED) is 0.287. The molecule has 0 bridgehead atoms. The molecule has 1 aromatic carbocycles. The van der Waals surface area contributed by atoms with E-state index >= 15 is 4.39 Å². The van der Waals surface area contributed by atoms with Crippen LogP contribution in [0.4, 0.5) is 4.39 Å². The van der Waals surface area contributed by atoms with Gasteiger partial charge in [-0.1, -0.05) is 31.6 Å². The predicted octanol–water partition coefficient (Wildman–Crippen LogP) is 3.96. The first-order chi connectivity index (χ1) is 23.9. The van der Waals surface area contributed by atoms with Crippen LogP contribution in [0.3, 0.4) is 0 Å². The molecule has 8 atom stereocenters. The summed E-state index contributed by atoms with van der Waals surface area (Å²) < 4.78 is 42.5. The molecule has 280 valence electrons. The SMILES string of the molecule is CNS(=O)(=O)CCc1ccc2[nH]cc(C3CCN(C)CC3)c2c1.C[C@@H]1C[C@H]2[C@@H]3CCC4=CC(=O)C=C[C@]4(C)[C@@]3(F)[C@@H](O)C[C@]2(C)[C@@]1(O)C(=O)CO. The van der Waals surface area contributed by atoms with Crippen molar-refractivity contribution in [1.82, 2.24) is 14.6 Å². The van der Waals surface area contributed by atoms with Crippen molar-refractivity contribution in [3.05, 3.63) is 59.3 Å². The lowest BCUT2D eigenvalue weighted by Crippen LogP contribution is -2.69. The number of carbonyl (C=O) groups is 2. The molecule has 0 unspecified atom stereocenters. The van der Waals surface area contributed by atoms with Gasteiger partial charge in [0.15, 0.2) is 17.2 Å². The van der Waals surface area contributed by atoms with Crippen LogP contribution in [0.25, 0.3) is 10.9 Å². The number of hydrogen-bond donors (Lipinski definition) is 5. The summed E-state index contributed by atoms with van der Waals surface area (Å²) in [6, 6.07) is 6.24. The van der Waals surface area contributed by atoms with Crippen LogP contribution in [0.2, 0.25) is 0 Å². The van der Waals surface area contributed by atoms with Gasteiger partial charge in [-0.25, -0.2) is 17.5 Å². The third-order valence-electron chi connectivity index (χ3n) is 13.7. The number of alkyl halides is 1. The number of aryl methyl sites for hydroxylation is 1. The molecular formula is C39H54FN3O7S. The summed E-state index contributed by atoms with van der Waals surface area (Å²) in [7, 11) is 0.476. The first kappa shape index (κ1) is 38.0. The van der Waals surface area contributed by atoms with Crippen LogP contribution in [0.5, 0.6) is 0 Å². The molecule has 4 aliphatic carbocycles. The van der Waals surface area contributed by atoms with Crippen LogP contribution in [-0.2, 0) is 26.0 Å². The molecule has 1 saturated heterocycles. The van der Waals surface area contributed by atoms with Crippen molar-refractivity contribution in [3.63, 3.8) is 0 Å². The van der Waals surface area contributed by atoms with E-state index < -0.39 is 62.5 Å². The normalized spacial score (nSPS) is 36.9. The van der Waals surface area contributed by atoms with Crippen LogP contribution in [0.15, 0.2) is 48.2 Å². The predicted molar refractivity (Wildman–Crippen MR) is 194 cm³/mol. The van der Waals surface area contributed by atoms with Crippen LogP contribution in [-0.4, -0.2) is 102 Å². The highest BCUT2D eigenvalue weighted by Crippen LogP contribution is 2.70. The molecule has 0 amide bonds. The number of ketones is 2. The van der Waals surface area contributed by atoms with Crippen molar-refractivity contribution < 1.29 is 37.7 Å². The summed E-state index contributed by atoms with van der Waals surface area (Å²) in [6.07, 6.45) is 9.48. The fraction of sp³-hybridized carbons (Fsp3) is 0.641. The number of nitrogens with one attached hydrogen (secondary N) is 2. The molecule has 5 aliphatic rings. The van der Waals surface area contributed by atoms with E-state index in [4.69, 9.17) is 0 Å².